The molecule has 94 valence electrons. The molecule has 1 heterocycles. The smallest absolute Gasteiger partial charge is 0.216 e. The molecule has 0 aliphatic rings. The SMILES string of the molecule is CC(=O)NCCC(O)C(O)c1ccc(C)nn1. The molecule has 0 saturated heterocycles. The number of aliphatic hydroxyl groups excluding tert-OH is 2. The number of aryl methyl sites for hydroxylation is 1. The number of rotatable bonds is 5. The molecule has 1 amide bonds. The lowest BCUT2D eigenvalue weighted by molar-refractivity contribution is -0.119. The van der Waals surface area contributed by atoms with Gasteiger partial charge in [0.2, 0.25) is 5.91 Å². The fourth-order valence-corrected chi connectivity index (χ4v) is 1.32. The van der Waals surface area contributed by atoms with Crippen LogP contribution in [0.5, 0.6) is 0 Å². The van der Waals surface area contributed by atoms with Crippen LogP contribution in [0.4, 0.5) is 0 Å². The van der Waals surface area contributed by atoms with Gasteiger partial charge in [0, 0.05) is 13.5 Å². The normalized spacial score (nSPS) is 14.1. The van der Waals surface area contributed by atoms with Crippen molar-refractivity contribution >= 4 is 5.91 Å². The molecule has 0 fully saturated rings. The molecular formula is C11H17N3O3. The Morgan fingerprint density at radius 1 is 1.41 bits per heavy atom. The van der Waals surface area contributed by atoms with Gasteiger partial charge in [0.15, 0.2) is 0 Å². The average Bonchev–Trinajstić information content (AvgIpc) is 2.28. The van der Waals surface area contributed by atoms with Crippen LogP contribution in [0.1, 0.15) is 30.8 Å². The molecule has 1 rings (SSSR count). The largest absolute Gasteiger partial charge is 0.390 e. The number of carbonyl (C=O) groups excluding carboxylic acids is 1. The van der Waals surface area contributed by atoms with Gasteiger partial charge in [-0.3, -0.25) is 4.79 Å². The van der Waals surface area contributed by atoms with Crippen molar-refractivity contribution in [2.75, 3.05) is 6.54 Å². The minimum Gasteiger partial charge on any atom is -0.390 e. The van der Waals surface area contributed by atoms with Crippen molar-refractivity contribution in [2.24, 2.45) is 0 Å². The van der Waals surface area contributed by atoms with E-state index in [0.29, 0.717) is 12.2 Å². The summed E-state index contributed by atoms with van der Waals surface area (Å²) in [6.07, 6.45) is -1.80. The van der Waals surface area contributed by atoms with Gasteiger partial charge in [0.05, 0.1) is 17.5 Å². The third kappa shape index (κ3) is 4.46. The third-order valence-corrected chi connectivity index (χ3v) is 2.30. The van der Waals surface area contributed by atoms with Gasteiger partial charge >= 0.3 is 0 Å². The summed E-state index contributed by atoms with van der Waals surface area (Å²) in [6, 6.07) is 3.33. The van der Waals surface area contributed by atoms with Crippen LogP contribution in [0.15, 0.2) is 12.1 Å². The molecule has 0 bridgehead atoms. The minimum atomic E-state index is -1.09. The second-order valence-corrected chi connectivity index (χ2v) is 3.88. The van der Waals surface area contributed by atoms with Crippen LogP contribution in [0.25, 0.3) is 0 Å². The van der Waals surface area contributed by atoms with Crippen LogP contribution < -0.4 is 5.32 Å². The Hall–Kier alpha value is -1.53. The Morgan fingerprint density at radius 2 is 2.12 bits per heavy atom. The summed E-state index contributed by atoms with van der Waals surface area (Å²) in [7, 11) is 0. The van der Waals surface area contributed by atoms with E-state index < -0.39 is 12.2 Å². The molecule has 0 spiro atoms. The number of aromatic nitrogens is 2. The van der Waals surface area contributed by atoms with Crippen molar-refractivity contribution < 1.29 is 15.0 Å². The maximum atomic E-state index is 10.6. The highest BCUT2D eigenvalue weighted by molar-refractivity contribution is 5.72. The zero-order valence-corrected chi connectivity index (χ0v) is 9.92. The van der Waals surface area contributed by atoms with Gasteiger partial charge in [-0.2, -0.15) is 10.2 Å². The Kier molecular flexibility index (Phi) is 4.99. The van der Waals surface area contributed by atoms with Crippen molar-refractivity contribution in [2.45, 2.75) is 32.5 Å². The summed E-state index contributed by atoms with van der Waals surface area (Å²) in [6.45, 7) is 3.50. The van der Waals surface area contributed by atoms with E-state index in [1.54, 1.807) is 19.1 Å². The summed E-state index contributed by atoms with van der Waals surface area (Å²) in [5.74, 6) is -0.165. The number of hydrogen-bond acceptors (Lipinski definition) is 5. The van der Waals surface area contributed by atoms with Crippen LogP contribution in [-0.4, -0.2) is 39.0 Å². The van der Waals surface area contributed by atoms with E-state index in [0.717, 1.165) is 5.69 Å². The van der Waals surface area contributed by atoms with Gasteiger partial charge in [0.1, 0.15) is 6.10 Å². The monoisotopic (exact) mass is 239 g/mol. The second-order valence-electron chi connectivity index (χ2n) is 3.88. The summed E-state index contributed by atoms with van der Waals surface area (Å²) < 4.78 is 0. The Balaban J connectivity index is 2.48. The van der Waals surface area contributed by atoms with Crippen molar-refractivity contribution in [3.05, 3.63) is 23.5 Å². The lowest BCUT2D eigenvalue weighted by Gasteiger charge is -2.16. The number of hydrogen-bond donors (Lipinski definition) is 3. The molecule has 2 atom stereocenters. The highest BCUT2D eigenvalue weighted by Crippen LogP contribution is 2.15. The highest BCUT2D eigenvalue weighted by Gasteiger charge is 2.19. The Bertz CT molecular complexity index is 367. The lowest BCUT2D eigenvalue weighted by Crippen LogP contribution is -2.28. The van der Waals surface area contributed by atoms with E-state index in [1.165, 1.54) is 6.92 Å². The number of nitrogens with zero attached hydrogens (tertiary/aromatic N) is 2. The highest BCUT2D eigenvalue weighted by atomic mass is 16.3. The number of amides is 1. The fourth-order valence-electron chi connectivity index (χ4n) is 1.32. The van der Waals surface area contributed by atoms with E-state index in [4.69, 9.17) is 0 Å². The molecule has 0 aliphatic heterocycles. The summed E-state index contributed by atoms with van der Waals surface area (Å²) in [4.78, 5) is 10.6. The van der Waals surface area contributed by atoms with Crippen LogP contribution >= 0.6 is 0 Å². The van der Waals surface area contributed by atoms with Crippen LogP contribution in [0.2, 0.25) is 0 Å². The molecule has 0 aromatic carbocycles. The standard InChI is InChI=1S/C11H17N3O3/c1-7-3-4-9(14-13-7)11(17)10(16)5-6-12-8(2)15/h3-4,10-11,16-17H,5-6H2,1-2H3,(H,12,15). The van der Waals surface area contributed by atoms with E-state index in [1.807, 2.05) is 0 Å². The molecule has 6 heteroatoms. The summed E-state index contributed by atoms with van der Waals surface area (Å²) in [5, 5.41) is 29.6. The molecule has 1 aromatic rings. The first-order chi connectivity index (χ1) is 8.00. The molecule has 3 N–H and O–H groups in total. The molecule has 6 nitrogen and oxygen atoms in total. The Labute approximate surface area is 99.7 Å². The molecule has 17 heavy (non-hydrogen) atoms. The van der Waals surface area contributed by atoms with Crippen LogP contribution in [0.3, 0.4) is 0 Å². The zero-order chi connectivity index (χ0) is 12.8. The minimum absolute atomic E-state index is 0.165. The second kappa shape index (κ2) is 6.27. The number of aliphatic hydroxyl groups is 2. The first-order valence-corrected chi connectivity index (χ1v) is 5.41. The Morgan fingerprint density at radius 3 is 2.65 bits per heavy atom. The van der Waals surface area contributed by atoms with Crippen molar-refractivity contribution in [1.82, 2.24) is 15.5 Å². The molecular weight excluding hydrogens is 222 g/mol. The third-order valence-electron chi connectivity index (χ3n) is 2.30. The predicted molar refractivity (Wildman–Crippen MR) is 61.0 cm³/mol. The molecule has 0 aliphatic carbocycles. The fraction of sp³-hybridized carbons (Fsp3) is 0.545. The first kappa shape index (κ1) is 13.5. The maximum absolute atomic E-state index is 10.6. The van der Waals surface area contributed by atoms with Gasteiger partial charge in [-0.1, -0.05) is 0 Å². The quantitative estimate of drug-likeness (QED) is 0.656. The maximum Gasteiger partial charge on any atom is 0.216 e. The zero-order valence-electron chi connectivity index (χ0n) is 9.92. The van der Waals surface area contributed by atoms with Gasteiger partial charge in [-0.15, -0.1) is 0 Å². The average molecular weight is 239 g/mol. The first-order valence-electron chi connectivity index (χ1n) is 5.41. The summed E-state index contributed by atoms with van der Waals surface area (Å²) in [5.41, 5.74) is 1.07. The predicted octanol–water partition coefficient (Wildman–Crippen LogP) is -0.294. The van der Waals surface area contributed by atoms with Gasteiger partial charge in [0.25, 0.3) is 0 Å². The lowest BCUT2D eigenvalue weighted by atomic mass is 10.1. The molecule has 0 saturated carbocycles. The van der Waals surface area contributed by atoms with E-state index in [9.17, 15) is 15.0 Å². The van der Waals surface area contributed by atoms with Crippen molar-refractivity contribution in [3.8, 4) is 0 Å². The van der Waals surface area contributed by atoms with Crippen LogP contribution in [0, 0.1) is 6.92 Å². The van der Waals surface area contributed by atoms with E-state index in [2.05, 4.69) is 15.5 Å². The molecule has 2 unspecified atom stereocenters. The number of carbonyl (C=O) groups is 1. The summed E-state index contributed by atoms with van der Waals surface area (Å²) >= 11 is 0. The van der Waals surface area contributed by atoms with Gasteiger partial charge in [-0.25, -0.2) is 0 Å². The molecule has 1 aromatic heterocycles. The van der Waals surface area contributed by atoms with E-state index >= 15 is 0 Å². The van der Waals surface area contributed by atoms with E-state index in [-0.39, 0.29) is 12.3 Å². The topological polar surface area (TPSA) is 95.3 Å². The van der Waals surface area contributed by atoms with Crippen LogP contribution in [-0.2, 0) is 4.79 Å². The van der Waals surface area contributed by atoms with Crippen molar-refractivity contribution in [1.29, 1.82) is 0 Å². The number of nitrogens with one attached hydrogen (secondary N) is 1. The van der Waals surface area contributed by atoms with Crippen molar-refractivity contribution in [3.63, 3.8) is 0 Å². The molecule has 0 radical (unpaired) electrons. The van der Waals surface area contributed by atoms with Gasteiger partial charge in [-0.05, 0) is 25.5 Å². The van der Waals surface area contributed by atoms with Gasteiger partial charge < -0.3 is 15.5 Å².